The van der Waals surface area contributed by atoms with Crippen LogP contribution >= 0.6 is 0 Å². The van der Waals surface area contributed by atoms with Crippen LogP contribution in [0.25, 0.3) is 33.3 Å². The number of aryl methyl sites for hydroxylation is 1. The minimum Gasteiger partial charge on any atom is -0.376 e. The molecule has 5 heteroatoms. The Bertz CT molecular complexity index is 1400. The molecule has 0 saturated heterocycles. The summed E-state index contributed by atoms with van der Waals surface area (Å²) in [4.78, 5) is 18.9. The number of hydrogen-bond donors (Lipinski definition) is 1. The molecule has 1 aliphatic heterocycles. The maximum Gasteiger partial charge on any atom is 0.159 e. The van der Waals surface area contributed by atoms with Gasteiger partial charge in [0.15, 0.2) is 5.65 Å². The normalized spacial score (nSPS) is 15.7. The Hall–Kier alpha value is -3.86. The molecule has 0 amide bonds. The largest absolute Gasteiger partial charge is 0.376 e. The van der Waals surface area contributed by atoms with Crippen LogP contribution in [0.3, 0.4) is 0 Å². The molecule has 0 radical (unpaired) electrons. The maximum absolute atomic E-state index is 5.04. The number of fused-ring (bicyclic) bond motifs is 3. The molecule has 5 nitrogen and oxygen atoms in total. The first-order chi connectivity index (χ1) is 14.8. The van der Waals surface area contributed by atoms with Gasteiger partial charge in [0.2, 0.25) is 0 Å². The van der Waals surface area contributed by atoms with E-state index in [-0.39, 0.29) is 6.04 Å². The Morgan fingerprint density at radius 3 is 2.70 bits per heavy atom. The standard InChI is InChI=1S/C25H19N5/c1-2-7-19-16(5-1)9-12-22(28-19)24-18(15-23-21(29-24)8-4-13-26-23)20-11-10-17-6-3-14-27-25(17)30-20/h1-8,10-11,13-15,22,28H,9,12H2. The highest BCUT2D eigenvalue weighted by Crippen LogP contribution is 2.37. The lowest BCUT2D eigenvalue weighted by Crippen LogP contribution is -2.20. The van der Waals surface area contributed by atoms with Crippen molar-refractivity contribution in [2.24, 2.45) is 0 Å². The van der Waals surface area contributed by atoms with Crippen molar-refractivity contribution in [3.05, 3.63) is 90.4 Å². The average molecular weight is 389 g/mol. The van der Waals surface area contributed by atoms with Crippen molar-refractivity contribution in [1.82, 2.24) is 19.9 Å². The summed E-state index contributed by atoms with van der Waals surface area (Å²) < 4.78 is 0. The van der Waals surface area contributed by atoms with E-state index in [1.54, 1.807) is 12.4 Å². The number of anilines is 1. The van der Waals surface area contributed by atoms with Crippen molar-refractivity contribution in [1.29, 1.82) is 0 Å². The van der Waals surface area contributed by atoms with Gasteiger partial charge in [0, 0.05) is 29.0 Å². The molecule has 1 aliphatic rings. The number of hydrogen-bond acceptors (Lipinski definition) is 5. The van der Waals surface area contributed by atoms with Gasteiger partial charge in [-0.05, 0) is 66.9 Å². The molecule has 4 aromatic heterocycles. The minimum atomic E-state index is 0.112. The molecule has 144 valence electrons. The van der Waals surface area contributed by atoms with Crippen LogP contribution in [-0.4, -0.2) is 19.9 Å². The van der Waals surface area contributed by atoms with Gasteiger partial charge >= 0.3 is 0 Å². The zero-order valence-corrected chi connectivity index (χ0v) is 16.3. The molecule has 0 fully saturated rings. The number of nitrogens with one attached hydrogen (secondary N) is 1. The third-order valence-electron chi connectivity index (χ3n) is 5.73. The average Bonchev–Trinajstić information content (AvgIpc) is 2.82. The van der Waals surface area contributed by atoms with Gasteiger partial charge in [-0.3, -0.25) is 4.98 Å². The molecule has 0 saturated carbocycles. The third-order valence-corrected chi connectivity index (χ3v) is 5.73. The van der Waals surface area contributed by atoms with E-state index in [2.05, 4.69) is 57.7 Å². The molecule has 0 spiro atoms. The van der Waals surface area contributed by atoms with E-state index in [4.69, 9.17) is 9.97 Å². The van der Waals surface area contributed by atoms with Crippen LogP contribution < -0.4 is 5.32 Å². The highest BCUT2D eigenvalue weighted by atomic mass is 15.0. The van der Waals surface area contributed by atoms with Crippen LogP contribution in [0.1, 0.15) is 23.7 Å². The fourth-order valence-electron chi connectivity index (χ4n) is 4.23. The van der Waals surface area contributed by atoms with Gasteiger partial charge < -0.3 is 5.32 Å². The zero-order chi connectivity index (χ0) is 19.9. The van der Waals surface area contributed by atoms with Gasteiger partial charge in [-0.25, -0.2) is 15.0 Å². The second-order valence-corrected chi connectivity index (χ2v) is 7.60. The molecule has 1 aromatic carbocycles. The Labute approximate surface area is 173 Å². The van der Waals surface area contributed by atoms with Crippen molar-refractivity contribution < 1.29 is 0 Å². The van der Waals surface area contributed by atoms with Crippen LogP contribution in [0.2, 0.25) is 0 Å². The van der Waals surface area contributed by atoms with Crippen LogP contribution in [0.15, 0.2) is 79.1 Å². The fourth-order valence-corrected chi connectivity index (χ4v) is 4.23. The minimum absolute atomic E-state index is 0.112. The van der Waals surface area contributed by atoms with E-state index in [0.29, 0.717) is 0 Å². The first-order valence-electron chi connectivity index (χ1n) is 10.2. The maximum atomic E-state index is 5.04. The van der Waals surface area contributed by atoms with Crippen LogP contribution in [0.4, 0.5) is 5.69 Å². The van der Waals surface area contributed by atoms with E-state index in [0.717, 1.165) is 51.9 Å². The van der Waals surface area contributed by atoms with Crippen LogP contribution in [0.5, 0.6) is 0 Å². The predicted octanol–water partition coefficient (Wildman–Crippen LogP) is 5.34. The summed E-state index contributed by atoms with van der Waals surface area (Å²) >= 11 is 0. The lowest BCUT2D eigenvalue weighted by molar-refractivity contribution is 0.654. The topological polar surface area (TPSA) is 63.6 Å². The molecule has 30 heavy (non-hydrogen) atoms. The van der Waals surface area contributed by atoms with Gasteiger partial charge in [-0.15, -0.1) is 0 Å². The molecule has 0 bridgehead atoms. The highest BCUT2D eigenvalue weighted by molar-refractivity contribution is 5.84. The number of para-hydroxylation sites is 1. The van der Waals surface area contributed by atoms with Crippen molar-refractivity contribution in [2.75, 3.05) is 5.32 Å². The van der Waals surface area contributed by atoms with Gasteiger partial charge in [-0.1, -0.05) is 18.2 Å². The van der Waals surface area contributed by atoms with Gasteiger partial charge in [0.1, 0.15) is 0 Å². The molecule has 1 unspecified atom stereocenters. The summed E-state index contributed by atoms with van der Waals surface area (Å²) in [5.74, 6) is 0. The third kappa shape index (κ3) is 2.87. The van der Waals surface area contributed by atoms with Gasteiger partial charge in [0.05, 0.1) is 28.5 Å². The second-order valence-electron chi connectivity index (χ2n) is 7.60. The lowest BCUT2D eigenvalue weighted by atomic mass is 9.93. The number of pyridine rings is 4. The summed E-state index contributed by atoms with van der Waals surface area (Å²) in [5.41, 5.74) is 7.93. The molecule has 5 heterocycles. The molecular weight excluding hydrogens is 370 g/mol. The van der Waals surface area contributed by atoms with E-state index in [9.17, 15) is 0 Å². The number of rotatable bonds is 2. The fraction of sp³-hybridized carbons (Fsp3) is 0.120. The molecule has 1 N–H and O–H groups in total. The van der Waals surface area contributed by atoms with Crippen LogP contribution in [-0.2, 0) is 6.42 Å². The highest BCUT2D eigenvalue weighted by Gasteiger charge is 2.24. The number of nitrogens with zero attached hydrogens (tertiary/aromatic N) is 4. The van der Waals surface area contributed by atoms with Crippen molar-refractivity contribution in [2.45, 2.75) is 18.9 Å². The molecule has 5 aromatic rings. The molecule has 0 aliphatic carbocycles. The van der Waals surface area contributed by atoms with E-state index in [1.165, 1.54) is 11.3 Å². The molecule has 6 rings (SSSR count). The zero-order valence-electron chi connectivity index (χ0n) is 16.3. The van der Waals surface area contributed by atoms with Crippen molar-refractivity contribution in [3.63, 3.8) is 0 Å². The second kappa shape index (κ2) is 6.88. The lowest BCUT2D eigenvalue weighted by Gasteiger charge is -2.28. The summed E-state index contributed by atoms with van der Waals surface area (Å²) in [7, 11) is 0. The quantitative estimate of drug-likeness (QED) is 0.441. The Balaban J connectivity index is 1.53. The summed E-state index contributed by atoms with van der Waals surface area (Å²) in [6, 6.07) is 22.7. The summed E-state index contributed by atoms with van der Waals surface area (Å²) in [6.45, 7) is 0. The Morgan fingerprint density at radius 1 is 0.800 bits per heavy atom. The summed E-state index contributed by atoms with van der Waals surface area (Å²) in [6.07, 6.45) is 5.58. The van der Waals surface area contributed by atoms with Gasteiger partial charge in [0.25, 0.3) is 0 Å². The Kier molecular flexibility index (Phi) is 3.91. The van der Waals surface area contributed by atoms with Crippen molar-refractivity contribution >= 4 is 27.8 Å². The van der Waals surface area contributed by atoms with E-state index < -0.39 is 0 Å². The molecule has 1 atom stereocenters. The predicted molar refractivity (Wildman–Crippen MR) is 119 cm³/mol. The SMILES string of the molecule is c1ccc2c(c1)CCC(c1nc3cccnc3cc1-c1ccc3cccnc3n1)N2. The van der Waals surface area contributed by atoms with Crippen molar-refractivity contribution in [3.8, 4) is 11.3 Å². The van der Waals surface area contributed by atoms with Crippen LogP contribution in [0, 0.1) is 0 Å². The number of aromatic nitrogens is 4. The van der Waals surface area contributed by atoms with E-state index >= 15 is 0 Å². The van der Waals surface area contributed by atoms with E-state index in [1.807, 2.05) is 24.3 Å². The Morgan fingerprint density at radius 2 is 1.70 bits per heavy atom. The van der Waals surface area contributed by atoms with Gasteiger partial charge in [-0.2, -0.15) is 0 Å². The first kappa shape index (κ1) is 17.0. The molecular formula is C25H19N5. The monoisotopic (exact) mass is 389 g/mol. The summed E-state index contributed by atoms with van der Waals surface area (Å²) in [5, 5.41) is 4.73. The first-order valence-corrected chi connectivity index (χ1v) is 10.2. The smallest absolute Gasteiger partial charge is 0.159 e. The number of benzene rings is 1.